The summed E-state index contributed by atoms with van der Waals surface area (Å²) in [5.41, 5.74) is -6.52. The fourth-order valence-electron chi connectivity index (χ4n) is 1.65. The second kappa shape index (κ2) is 7.27. The SMILES string of the molecule is CC(NC(=O)Nc1ccc(C(=O)O)cc1OC(F)(F)F)(C(F)(F)F)C(F)(F)F. The molecule has 0 saturated heterocycles. The van der Waals surface area contributed by atoms with Crippen LogP contribution in [0.2, 0.25) is 0 Å². The summed E-state index contributed by atoms with van der Waals surface area (Å²) in [6, 6.07) is -0.790. The van der Waals surface area contributed by atoms with Crippen molar-refractivity contribution in [3.63, 3.8) is 0 Å². The van der Waals surface area contributed by atoms with E-state index in [1.54, 1.807) is 0 Å². The fourth-order valence-corrected chi connectivity index (χ4v) is 1.65. The number of aromatic carboxylic acids is 1. The topological polar surface area (TPSA) is 87.7 Å². The van der Waals surface area contributed by atoms with Crippen molar-refractivity contribution in [1.82, 2.24) is 5.32 Å². The molecule has 0 radical (unpaired) electrons. The number of nitrogens with one attached hydrogen (secondary N) is 2. The molecule has 2 amide bonds. The van der Waals surface area contributed by atoms with Crippen molar-refractivity contribution in [2.24, 2.45) is 0 Å². The molecule has 0 heterocycles. The van der Waals surface area contributed by atoms with E-state index in [1.807, 2.05) is 0 Å². The van der Waals surface area contributed by atoms with Crippen LogP contribution in [0.5, 0.6) is 5.75 Å². The molecule has 0 saturated carbocycles. The van der Waals surface area contributed by atoms with Crippen LogP contribution in [0.4, 0.5) is 50.0 Å². The molecule has 0 aliphatic heterocycles. The highest BCUT2D eigenvalue weighted by atomic mass is 19.4. The van der Waals surface area contributed by atoms with E-state index in [0.29, 0.717) is 17.4 Å². The molecular weight excluding hydrogens is 419 g/mol. The van der Waals surface area contributed by atoms with E-state index < -0.39 is 60.2 Å². The number of hydrogen-bond donors (Lipinski definition) is 3. The maximum atomic E-state index is 12.7. The minimum atomic E-state index is -6.00. The summed E-state index contributed by atoms with van der Waals surface area (Å²) in [7, 11) is 0. The summed E-state index contributed by atoms with van der Waals surface area (Å²) in [4.78, 5) is 22.4. The summed E-state index contributed by atoms with van der Waals surface area (Å²) < 4.78 is 117. The van der Waals surface area contributed by atoms with Crippen molar-refractivity contribution < 1.29 is 58.9 Å². The number of carbonyl (C=O) groups excluding carboxylic acids is 1. The Morgan fingerprint density at radius 2 is 1.46 bits per heavy atom. The van der Waals surface area contributed by atoms with Crippen molar-refractivity contribution in [3.8, 4) is 5.75 Å². The van der Waals surface area contributed by atoms with Gasteiger partial charge in [0.2, 0.25) is 5.54 Å². The van der Waals surface area contributed by atoms with Crippen LogP contribution in [-0.4, -0.2) is 41.4 Å². The number of rotatable bonds is 4. The molecule has 0 fully saturated rings. The normalized spacial score (nSPS) is 13.1. The van der Waals surface area contributed by atoms with Gasteiger partial charge in [-0.1, -0.05) is 0 Å². The quantitative estimate of drug-likeness (QED) is 0.625. The van der Waals surface area contributed by atoms with Crippen LogP contribution in [0.3, 0.4) is 0 Å². The van der Waals surface area contributed by atoms with Crippen LogP contribution in [0.25, 0.3) is 0 Å². The molecule has 6 nitrogen and oxygen atoms in total. The Hall–Kier alpha value is -2.87. The standard InChI is InChI=1S/C13H9F9N2O4/c1-10(11(14,15)16,12(17,18)19)24-9(27)23-6-3-2-5(8(25)26)4-7(6)28-13(20,21)22/h2-4H,1H3,(H,25,26)(H2,23,24,27). The van der Waals surface area contributed by atoms with Crippen LogP contribution in [-0.2, 0) is 0 Å². The minimum Gasteiger partial charge on any atom is -0.478 e. The zero-order chi connectivity index (χ0) is 22.1. The molecule has 0 aliphatic carbocycles. The van der Waals surface area contributed by atoms with Crippen molar-refractivity contribution in [1.29, 1.82) is 0 Å². The number of urea groups is 1. The highest BCUT2D eigenvalue weighted by molar-refractivity contribution is 5.94. The third kappa shape index (κ3) is 5.32. The van der Waals surface area contributed by atoms with Gasteiger partial charge in [-0.25, -0.2) is 9.59 Å². The Morgan fingerprint density at radius 1 is 0.964 bits per heavy atom. The summed E-state index contributed by atoms with van der Waals surface area (Å²) in [5.74, 6) is -3.09. The molecule has 15 heteroatoms. The fraction of sp³-hybridized carbons (Fsp3) is 0.385. The van der Waals surface area contributed by atoms with Gasteiger partial charge in [0.05, 0.1) is 11.3 Å². The molecule has 0 aliphatic rings. The summed E-state index contributed by atoms with van der Waals surface area (Å²) in [5, 5.41) is 10.7. The number of carbonyl (C=O) groups is 2. The number of carboxylic acids is 1. The third-order valence-electron chi connectivity index (χ3n) is 3.20. The Balaban J connectivity index is 3.22. The number of halogens is 9. The number of benzene rings is 1. The number of anilines is 1. The third-order valence-corrected chi connectivity index (χ3v) is 3.20. The molecular formula is C13H9F9N2O4. The first-order chi connectivity index (χ1) is 12.4. The van der Waals surface area contributed by atoms with Gasteiger partial charge in [-0.2, -0.15) is 26.3 Å². The van der Waals surface area contributed by atoms with Gasteiger partial charge >= 0.3 is 30.7 Å². The highest BCUT2D eigenvalue weighted by Crippen LogP contribution is 2.42. The molecule has 0 spiro atoms. The van der Waals surface area contributed by atoms with Crippen LogP contribution in [0, 0.1) is 0 Å². The van der Waals surface area contributed by atoms with Gasteiger partial charge in [-0.15, -0.1) is 13.2 Å². The van der Waals surface area contributed by atoms with Crippen molar-refractivity contribution in [2.75, 3.05) is 5.32 Å². The monoisotopic (exact) mass is 428 g/mol. The number of carboxylic acid groups (broad SMARTS) is 1. The second-order valence-electron chi connectivity index (χ2n) is 5.26. The lowest BCUT2D eigenvalue weighted by Crippen LogP contribution is -2.66. The lowest BCUT2D eigenvalue weighted by atomic mass is 10.0. The van der Waals surface area contributed by atoms with Crippen molar-refractivity contribution in [3.05, 3.63) is 23.8 Å². The predicted molar refractivity (Wildman–Crippen MR) is 72.8 cm³/mol. The lowest BCUT2D eigenvalue weighted by Gasteiger charge is -2.34. The zero-order valence-corrected chi connectivity index (χ0v) is 13.3. The second-order valence-corrected chi connectivity index (χ2v) is 5.26. The molecule has 1 aromatic carbocycles. The van der Waals surface area contributed by atoms with E-state index in [0.717, 1.165) is 0 Å². The van der Waals surface area contributed by atoms with Crippen LogP contribution in [0.15, 0.2) is 18.2 Å². The number of ether oxygens (including phenoxy) is 1. The molecule has 158 valence electrons. The van der Waals surface area contributed by atoms with Gasteiger partial charge in [0, 0.05) is 0 Å². The summed E-state index contributed by atoms with van der Waals surface area (Å²) >= 11 is 0. The molecule has 0 unspecified atom stereocenters. The molecule has 0 atom stereocenters. The lowest BCUT2D eigenvalue weighted by molar-refractivity contribution is -0.297. The maximum Gasteiger partial charge on any atom is 0.573 e. The minimum absolute atomic E-state index is 0.262. The summed E-state index contributed by atoms with van der Waals surface area (Å²) in [6.07, 6.45) is -17.4. The van der Waals surface area contributed by atoms with E-state index in [9.17, 15) is 49.1 Å². The maximum absolute atomic E-state index is 12.7. The van der Waals surface area contributed by atoms with Crippen LogP contribution in [0.1, 0.15) is 17.3 Å². The molecule has 28 heavy (non-hydrogen) atoms. The molecule has 1 rings (SSSR count). The Morgan fingerprint density at radius 3 is 1.86 bits per heavy atom. The highest BCUT2D eigenvalue weighted by Gasteiger charge is 2.68. The first-order valence-corrected chi connectivity index (χ1v) is 6.73. The van der Waals surface area contributed by atoms with Gasteiger partial charge in [-0.05, 0) is 25.1 Å². The zero-order valence-electron chi connectivity index (χ0n) is 13.3. The smallest absolute Gasteiger partial charge is 0.478 e. The van der Waals surface area contributed by atoms with Gasteiger partial charge in [0.15, 0.2) is 5.75 Å². The number of amides is 2. The van der Waals surface area contributed by atoms with E-state index in [2.05, 4.69) is 4.74 Å². The first-order valence-electron chi connectivity index (χ1n) is 6.73. The summed E-state index contributed by atoms with van der Waals surface area (Å²) in [6.45, 7) is -0.396. The largest absolute Gasteiger partial charge is 0.573 e. The van der Waals surface area contributed by atoms with Crippen molar-refractivity contribution >= 4 is 17.7 Å². The molecule has 0 bridgehead atoms. The van der Waals surface area contributed by atoms with Gasteiger partial charge < -0.3 is 20.5 Å². The van der Waals surface area contributed by atoms with E-state index in [-0.39, 0.29) is 6.07 Å². The van der Waals surface area contributed by atoms with E-state index >= 15 is 0 Å². The van der Waals surface area contributed by atoms with Gasteiger partial charge in [-0.3, -0.25) is 0 Å². The Kier molecular flexibility index (Phi) is 6.02. The molecule has 0 aromatic heterocycles. The number of hydrogen-bond acceptors (Lipinski definition) is 3. The molecule has 1 aromatic rings. The number of alkyl halides is 9. The van der Waals surface area contributed by atoms with E-state index in [4.69, 9.17) is 5.11 Å². The van der Waals surface area contributed by atoms with Gasteiger partial charge in [0.25, 0.3) is 0 Å². The van der Waals surface area contributed by atoms with Crippen LogP contribution < -0.4 is 15.4 Å². The van der Waals surface area contributed by atoms with E-state index in [1.165, 1.54) is 5.32 Å². The first kappa shape index (κ1) is 23.2. The van der Waals surface area contributed by atoms with Gasteiger partial charge in [0.1, 0.15) is 0 Å². The van der Waals surface area contributed by atoms with Crippen LogP contribution >= 0.6 is 0 Å². The van der Waals surface area contributed by atoms with Crippen molar-refractivity contribution in [2.45, 2.75) is 31.2 Å². The Bertz CT molecular complexity index is 742. The average molecular weight is 428 g/mol. The Labute approximate surface area is 149 Å². The predicted octanol–water partition coefficient (Wildman–Crippen LogP) is 4.29. The average Bonchev–Trinajstić information content (AvgIpc) is 2.44. The molecule has 3 N–H and O–H groups in total.